The van der Waals surface area contributed by atoms with Gasteiger partial charge in [-0.1, -0.05) is 25.4 Å². The molecule has 1 aromatic carbocycles. The number of carbonyl (C=O) groups is 2. The summed E-state index contributed by atoms with van der Waals surface area (Å²) in [6.45, 7) is 6.36. The molecule has 0 unspecified atom stereocenters. The van der Waals surface area contributed by atoms with E-state index in [2.05, 4.69) is 4.74 Å². The van der Waals surface area contributed by atoms with E-state index in [9.17, 15) is 9.59 Å². The van der Waals surface area contributed by atoms with E-state index < -0.39 is 5.97 Å². The van der Waals surface area contributed by atoms with Gasteiger partial charge in [0.2, 0.25) is 0 Å². The molecule has 0 radical (unpaired) electrons. The van der Waals surface area contributed by atoms with Crippen LogP contribution >= 0.6 is 11.6 Å². The van der Waals surface area contributed by atoms with Crippen molar-refractivity contribution in [3.8, 4) is 5.75 Å². The van der Waals surface area contributed by atoms with Crippen molar-refractivity contribution >= 4 is 23.4 Å². The predicted octanol–water partition coefficient (Wildman–Crippen LogP) is 3.60. The first-order chi connectivity index (χ1) is 9.85. The van der Waals surface area contributed by atoms with Crippen LogP contribution in [0.5, 0.6) is 5.75 Å². The number of allylic oxidation sites excluding steroid dienone is 1. The fraction of sp³-hybridized carbons (Fsp3) is 0.375. The van der Waals surface area contributed by atoms with E-state index in [0.717, 1.165) is 17.7 Å². The Balaban J connectivity index is 3.08. The lowest BCUT2D eigenvalue weighted by Crippen LogP contribution is -2.09. The summed E-state index contributed by atoms with van der Waals surface area (Å²) in [6.07, 6.45) is 2.22. The number of aryl methyl sites for hydroxylation is 1. The highest BCUT2D eigenvalue weighted by Crippen LogP contribution is 2.28. The van der Waals surface area contributed by atoms with Gasteiger partial charge in [0.25, 0.3) is 0 Å². The molecule has 1 aromatic rings. The Hall–Kier alpha value is -1.81. The monoisotopic (exact) mass is 310 g/mol. The Morgan fingerprint density at radius 1 is 1.29 bits per heavy atom. The maximum absolute atomic E-state index is 12.2. The molecule has 0 spiro atoms. The molecule has 0 aromatic heterocycles. The second-order valence-corrected chi connectivity index (χ2v) is 5.43. The first-order valence-corrected chi connectivity index (χ1v) is 6.96. The van der Waals surface area contributed by atoms with E-state index in [0.29, 0.717) is 28.9 Å². The number of benzene rings is 1. The summed E-state index contributed by atoms with van der Waals surface area (Å²) < 4.78 is 10.1. The van der Waals surface area contributed by atoms with Crippen molar-refractivity contribution in [3.63, 3.8) is 0 Å². The zero-order chi connectivity index (χ0) is 16.0. The minimum atomic E-state index is -0.591. The lowest BCUT2D eigenvalue weighted by atomic mass is 10.1. The lowest BCUT2D eigenvalue weighted by molar-refractivity contribution is -0.134. The highest BCUT2D eigenvalue weighted by molar-refractivity contribution is 6.32. The molecule has 21 heavy (non-hydrogen) atoms. The minimum Gasteiger partial charge on any atom is -0.493 e. The van der Waals surface area contributed by atoms with E-state index >= 15 is 0 Å². The first-order valence-electron chi connectivity index (χ1n) is 6.58. The van der Waals surface area contributed by atoms with Gasteiger partial charge in [-0.05, 0) is 36.6 Å². The van der Waals surface area contributed by atoms with Crippen LogP contribution in [0.15, 0.2) is 24.3 Å². The number of methoxy groups -OCH3 is 1. The van der Waals surface area contributed by atoms with E-state index in [4.69, 9.17) is 16.3 Å². The Bertz CT molecular complexity index is 562. The van der Waals surface area contributed by atoms with Crippen molar-refractivity contribution in [1.29, 1.82) is 0 Å². The number of ketones is 1. The average Bonchev–Trinajstić information content (AvgIpc) is 2.44. The highest BCUT2D eigenvalue weighted by Gasteiger charge is 2.14. The predicted molar refractivity (Wildman–Crippen MR) is 82.0 cm³/mol. The molecule has 4 nitrogen and oxygen atoms in total. The van der Waals surface area contributed by atoms with Crippen LogP contribution in [0.2, 0.25) is 5.02 Å². The zero-order valence-corrected chi connectivity index (χ0v) is 13.4. The van der Waals surface area contributed by atoms with E-state index in [-0.39, 0.29) is 5.78 Å². The molecule has 0 saturated carbocycles. The van der Waals surface area contributed by atoms with Gasteiger partial charge in [-0.2, -0.15) is 0 Å². The fourth-order valence-corrected chi connectivity index (χ4v) is 1.69. The summed E-state index contributed by atoms with van der Waals surface area (Å²) in [4.78, 5) is 23.2. The molecule has 0 aliphatic carbocycles. The molecular weight excluding hydrogens is 292 g/mol. The van der Waals surface area contributed by atoms with E-state index in [1.54, 1.807) is 12.1 Å². The molecule has 0 aliphatic rings. The number of halogens is 1. The van der Waals surface area contributed by atoms with Gasteiger partial charge in [-0.25, -0.2) is 4.79 Å². The molecule has 0 bridgehead atoms. The van der Waals surface area contributed by atoms with Crippen molar-refractivity contribution in [2.45, 2.75) is 20.8 Å². The molecule has 0 saturated heterocycles. The molecular formula is C16H19ClO4. The summed E-state index contributed by atoms with van der Waals surface area (Å²) in [5.41, 5.74) is 1.15. The molecule has 0 amide bonds. The van der Waals surface area contributed by atoms with Crippen molar-refractivity contribution in [3.05, 3.63) is 40.4 Å². The molecule has 0 heterocycles. The van der Waals surface area contributed by atoms with Crippen molar-refractivity contribution in [2.75, 3.05) is 13.7 Å². The Labute approximate surface area is 129 Å². The Kier molecular flexibility index (Phi) is 6.43. The van der Waals surface area contributed by atoms with Gasteiger partial charge >= 0.3 is 5.97 Å². The van der Waals surface area contributed by atoms with Gasteiger partial charge in [-0.3, -0.25) is 4.79 Å². The lowest BCUT2D eigenvalue weighted by Gasteiger charge is -2.13. The van der Waals surface area contributed by atoms with Crippen LogP contribution in [0.3, 0.4) is 0 Å². The summed E-state index contributed by atoms with van der Waals surface area (Å²) in [6, 6.07) is 3.28. The summed E-state index contributed by atoms with van der Waals surface area (Å²) in [5, 5.41) is 0.474. The molecule has 1 rings (SSSR count). The molecule has 0 atom stereocenters. The second kappa shape index (κ2) is 7.84. The topological polar surface area (TPSA) is 52.6 Å². The van der Waals surface area contributed by atoms with Gasteiger partial charge in [0.1, 0.15) is 5.75 Å². The Morgan fingerprint density at radius 3 is 2.52 bits per heavy atom. The van der Waals surface area contributed by atoms with Gasteiger partial charge in [0.15, 0.2) is 5.78 Å². The van der Waals surface area contributed by atoms with Crippen LogP contribution in [-0.4, -0.2) is 25.5 Å². The van der Waals surface area contributed by atoms with E-state index in [1.165, 1.54) is 7.11 Å². The molecule has 0 fully saturated rings. The normalized spacial score (nSPS) is 11.0. The fourth-order valence-electron chi connectivity index (χ4n) is 1.52. The molecule has 0 aliphatic heterocycles. The Morgan fingerprint density at radius 2 is 1.95 bits per heavy atom. The van der Waals surface area contributed by atoms with Crippen LogP contribution in [0.25, 0.3) is 0 Å². The highest BCUT2D eigenvalue weighted by atomic mass is 35.5. The van der Waals surface area contributed by atoms with Crippen LogP contribution in [0, 0.1) is 12.8 Å². The van der Waals surface area contributed by atoms with E-state index in [1.807, 2.05) is 20.8 Å². The van der Waals surface area contributed by atoms with Gasteiger partial charge < -0.3 is 9.47 Å². The van der Waals surface area contributed by atoms with Crippen LogP contribution in [0.1, 0.15) is 29.8 Å². The summed E-state index contributed by atoms with van der Waals surface area (Å²) >= 11 is 6.06. The number of hydrogen-bond acceptors (Lipinski definition) is 4. The smallest absolute Gasteiger partial charge is 0.330 e. The van der Waals surface area contributed by atoms with Crippen molar-refractivity contribution in [1.82, 2.24) is 0 Å². The average molecular weight is 311 g/mol. The SMILES string of the molecule is COC(=O)/C=C/C(=O)c1cc(Cl)c(C)cc1OCC(C)C. The van der Waals surface area contributed by atoms with Crippen LogP contribution < -0.4 is 4.74 Å². The van der Waals surface area contributed by atoms with Gasteiger partial charge in [0, 0.05) is 11.1 Å². The van der Waals surface area contributed by atoms with Crippen molar-refractivity contribution in [2.24, 2.45) is 5.92 Å². The van der Waals surface area contributed by atoms with Crippen LogP contribution in [-0.2, 0) is 9.53 Å². The third-order valence-corrected chi connectivity index (χ3v) is 3.08. The number of esters is 1. The molecule has 5 heteroatoms. The number of carbonyl (C=O) groups excluding carboxylic acids is 2. The van der Waals surface area contributed by atoms with Crippen molar-refractivity contribution < 1.29 is 19.1 Å². The summed E-state index contributed by atoms with van der Waals surface area (Å²) in [7, 11) is 1.25. The van der Waals surface area contributed by atoms with Gasteiger partial charge in [0.05, 0.1) is 19.3 Å². The number of ether oxygens (including phenoxy) is 2. The molecule has 0 N–H and O–H groups in total. The molecule has 114 valence electrons. The first kappa shape index (κ1) is 17.2. The van der Waals surface area contributed by atoms with Gasteiger partial charge in [-0.15, -0.1) is 0 Å². The summed E-state index contributed by atoms with van der Waals surface area (Å²) in [5.74, 6) is -0.160. The maximum atomic E-state index is 12.2. The third-order valence-electron chi connectivity index (χ3n) is 2.67. The maximum Gasteiger partial charge on any atom is 0.330 e. The largest absolute Gasteiger partial charge is 0.493 e. The zero-order valence-electron chi connectivity index (χ0n) is 12.6. The quantitative estimate of drug-likeness (QED) is 0.458. The van der Waals surface area contributed by atoms with Crippen LogP contribution in [0.4, 0.5) is 0 Å². The standard InChI is InChI=1S/C16H19ClO4/c1-10(2)9-21-15-7-11(3)13(17)8-12(15)14(18)5-6-16(19)20-4/h5-8,10H,9H2,1-4H3/b6-5+. The number of rotatable bonds is 6. The number of hydrogen-bond donors (Lipinski definition) is 0. The minimum absolute atomic E-state index is 0.325. The third kappa shape index (κ3) is 5.23. The second-order valence-electron chi connectivity index (χ2n) is 5.02.